The number of hydrogen-bond acceptors (Lipinski definition) is 15. The largest absolute Gasteiger partial charge is 0.458 e. The molecule has 17 nitrogen and oxygen atoms in total. The SMILES string of the molecule is O=C(CCNC(=O)C12CC3OC(=O)C1N(Cc1ccccc1C=CCOC1OC(CO)C(O)C(O)C1O)OC2C1OC(c2ccccc2)(c2ccccc2)OC31)NCCO. The lowest BCUT2D eigenvalue weighted by Gasteiger charge is -2.48. The summed E-state index contributed by atoms with van der Waals surface area (Å²) in [4.78, 5) is 48.2. The van der Waals surface area contributed by atoms with Crippen LogP contribution in [0.1, 0.15) is 35.1 Å². The summed E-state index contributed by atoms with van der Waals surface area (Å²) in [7, 11) is 0. The van der Waals surface area contributed by atoms with Gasteiger partial charge in [-0.1, -0.05) is 97.1 Å². The van der Waals surface area contributed by atoms with E-state index in [0.29, 0.717) is 22.3 Å². The predicted molar refractivity (Wildman–Crippen MR) is 207 cm³/mol. The molecule has 5 fully saturated rings. The Hall–Kier alpha value is -4.63. The summed E-state index contributed by atoms with van der Waals surface area (Å²) >= 11 is 0. The number of rotatable bonds is 15. The van der Waals surface area contributed by atoms with Crippen LogP contribution >= 0.6 is 0 Å². The molecule has 11 unspecified atom stereocenters. The van der Waals surface area contributed by atoms with Crippen LogP contribution in [-0.2, 0) is 55.2 Å². The summed E-state index contributed by atoms with van der Waals surface area (Å²) in [6, 6.07) is 24.9. The molecule has 3 aromatic rings. The van der Waals surface area contributed by atoms with E-state index in [4.69, 9.17) is 33.6 Å². The summed E-state index contributed by atoms with van der Waals surface area (Å²) < 4.78 is 31.2. The molecule has 2 bridgehead atoms. The van der Waals surface area contributed by atoms with Gasteiger partial charge in [0.15, 0.2) is 12.3 Å². The fourth-order valence-electron chi connectivity index (χ4n) is 8.97. The topological polar surface area (TPSA) is 235 Å². The lowest BCUT2D eigenvalue weighted by molar-refractivity contribution is -0.298. The smallest absolute Gasteiger partial charge is 0.327 e. The highest BCUT2D eigenvalue weighted by molar-refractivity contribution is 5.94. The normalized spacial score (nSPS) is 33.0. The first-order chi connectivity index (χ1) is 29.1. The molecular formula is C43H49N3O14. The van der Waals surface area contributed by atoms with Crippen LogP contribution in [0.2, 0.25) is 0 Å². The number of amides is 2. The summed E-state index contributed by atoms with van der Waals surface area (Å²) in [6.07, 6.45) is -7.35. The van der Waals surface area contributed by atoms with Gasteiger partial charge in [-0.05, 0) is 11.1 Å². The van der Waals surface area contributed by atoms with E-state index in [9.17, 15) is 34.8 Å². The number of fused-ring (bicyclic) bond motifs is 4. The van der Waals surface area contributed by atoms with Gasteiger partial charge < -0.3 is 59.9 Å². The number of nitrogens with one attached hydrogen (secondary N) is 2. The van der Waals surface area contributed by atoms with Gasteiger partial charge in [-0.2, -0.15) is 5.06 Å². The number of nitrogens with zero attached hydrogens (tertiary/aromatic N) is 1. The van der Waals surface area contributed by atoms with Crippen molar-refractivity contribution in [3.8, 4) is 0 Å². The standard InChI is InChI=1S/C43H49N3O14/c47-20-19-44-31(49)17-18-45-41(54)42-22-29-35-36(59-43(58-35,27-13-3-1-4-14-27)28-15-5-2-6-16-28)38(42)60-46(37(42)39(53)56-29)23-26-11-8-7-10-25(26)12-9-21-55-40-34(52)33(51)32(50)30(24-48)57-40/h1-16,29-30,32-38,40,47-48,50-52H,17-24H2,(H,44,49)(H,45,54). The van der Waals surface area contributed by atoms with E-state index >= 15 is 0 Å². The van der Waals surface area contributed by atoms with Gasteiger partial charge in [0.2, 0.25) is 17.6 Å². The molecule has 4 heterocycles. The number of carbonyl (C=O) groups is 3. The van der Waals surface area contributed by atoms with E-state index in [-0.39, 0.29) is 51.6 Å². The molecule has 17 heteroatoms. The Balaban J connectivity index is 1.08. The minimum atomic E-state index is -1.58. The van der Waals surface area contributed by atoms with Crippen molar-refractivity contribution in [3.05, 3.63) is 113 Å². The molecule has 3 aromatic carbocycles. The molecule has 320 valence electrons. The summed E-state index contributed by atoms with van der Waals surface area (Å²) in [5.41, 5.74) is 1.27. The first kappa shape index (κ1) is 42.1. The van der Waals surface area contributed by atoms with Crippen LogP contribution in [0.25, 0.3) is 6.08 Å². The monoisotopic (exact) mass is 831 g/mol. The van der Waals surface area contributed by atoms with Crippen LogP contribution < -0.4 is 10.6 Å². The van der Waals surface area contributed by atoms with Gasteiger partial charge in [0, 0.05) is 37.1 Å². The van der Waals surface area contributed by atoms with Crippen molar-refractivity contribution < 1.29 is 68.4 Å². The fourth-order valence-corrected chi connectivity index (χ4v) is 8.97. The van der Waals surface area contributed by atoms with Crippen molar-refractivity contribution in [2.24, 2.45) is 5.41 Å². The molecule has 11 atom stereocenters. The average Bonchev–Trinajstić information content (AvgIpc) is 3.85. The Bertz CT molecular complexity index is 1980. The summed E-state index contributed by atoms with van der Waals surface area (Å²) in [6.45, 7) is -0.844. The highest BCUT2D eigenvalue weighted by atomic mass is 16.8. The third kappa shape index (κ3) is 7.65. The maximum absolute atomic E-state index is 14.7. The molecular weight excluding hydrogens is 782 g/mol. The van der Waals surface area contributed by atoms with Gasteiger partial charge in [0.05, 0.1) is 26.4 Å². The van der Waals surface area contributed by atoms with E-state index in [2.05, 4.69) is 10.6 Å². The molecule has 7 N–H and O–H groups in total. The fraction of sp³-hybridized carbons (Fsp3) is 0.465. The number of aliphatic hydroxyl groups is 5. The van der Waals surface area contributed by atoms with Crippen LogP contribution in [0.3, 0.4) is 0 Å². The lowest BCUT2D eigenvalue weighted by Crippen LogP contribution is -2.69. The molecule has 1 aliphatic carbocycles. The van der Waals surface area contributed by atoms with E-state index in [1.807, 2.05) is 84.9 Å². The minimum Gasteiger partial charge on any atom is -0.458 e. The maximum Gasteiger partial charge on any atom is 0.327 e. The predicted octanol–water partition coefficient (Wildman–Crippen LogP) is -0.384. The minimum absolute atomic E-state index is 0.0222. The number of benzene rings is 3. The average molecular weight is 832 g/mol. The first-order valence-electron chi connectivity index (χ1n) is 20.0. The molecule has 0 spiro atoms. The highest BCUT2D eigenvalue weighted by Gasteiger charge is 2.76. The maximum atomic E-state index is 14.7. The summed E-state index contributed by atoms with van der Waals surface area (Å²) in [5, 5.41) is 56.2. The zero-order valence-corrected chi connectivity index (χ0v) is 32.5. The quantitative estimate of drug-likeness (QED) is 0.0968. The Kier molecular flexibility index (Phi) is 12.5. The zero-order valence-electron chi connectivity index (χ0n) is 32.5. The summed E-state index contributed by atoms with van der Waals surface area (Å²) in [5.74, 6) is -2.98. The van der Waals surface area contributed by atoms with E-state index in [0.717, 1.165) is 0 Å². The molecule has 0 aromatic heterocycles. The van der Waals surface area contributed by atoms with Gasteiger partial charge in [-0.3, -0.25) is 19.2 Å². The molecule has 4 saturated heterocycles. The lowest BCUT2D eigenvalue weighted by atomic mass is 9.62. The number of hydroxylamine groups is 2. The molecule has 5 aliphatic rings. The third-order valence-electron chi connectivity index (χ3n) is 11.8. The van der Waals surface area contributed by atoms with Crippen molar-refractivity contribution >= 4 is 23.9 Å². The van der Waals surface area contributed by atoms with Crippen LogP contribution in [0.4, 0.5) is 0 Å². The van der Waals surface area contributed by atoms with Gasteiger partial charge >= 0.3 is 5.97 Å². The molecule has 1 saturated carbocycles. The number of carbonyl (C=O) groups excluding carboxylic acids is 3. The van der Waals surface area contributed by atoms with Crippen molar-refractivity contribution in [2.75, 3.05) is 32.9 Å². The molecule has 2 amide bonds. The number of hydrogen-bond donors (Lipinski definition) is 7. The first-order valence-corrected chi connectivity index (χ1v) is 20.0. The Morgan fingerprint density at radius 2 is 1.53 bits per heavy atom. The van der Waals surface area contributed by atoms with E-state index in [1.54, 1.807) is 12.2 Å². The third-order valence-corrected chi connectivity index (χ3v) is 11.8. The zero-order chi connectivity index (χ0) is 42.0. The van der Waals surface area contributed by atoms with Gasteiger partial charge in [0.1, 0.15) is 54.2 Å². The van der Waals surface area contributed by atoms with Crippen molar-refractivity contribution in [1.29, 1.82) is 0 Å². The second-order valence-electron chi connectivity index (χ2n) is 15.4. The van der Waals surface area contributed by atoms with E-state index < -0.39 is 90.8 Å². The van der Waals surface area contributed by atoms with Crippen molar-refractivity contribution in [1.82, 2.24) is 15.7 Å². The molecule has 60 heavy (non-hydrogen) atoms. The number of ether oxygens (including phenoxy) is 5. The molecule has 0 radical (unpaired) electrons. The second-order valence-corrected chi connectivity index (χ2v) is 15.4. The Morgan fingerprint density at radius 1 is 0.850 bits per heavy atom. The van der Waals surface area contributed by atoms with Crippen LogP contribution in [0.15, 0.2) is 91.0 Å². The van der Waals surface area contributed by atoms with Crippen LogP contribution in [0, 0.1) is 5.41 Å². The Labute approximate surface area is 345 Å². The van der Waals surface area contributed by atoms with Crippen LogP contribution in [0.5, 0.6) is 0 Å². The number of aliphatic hydroxyl groups excluding tert-OH is 5. The Morgan fingerprint density at radius 3 is 2.23 bits per heavy atom. The van der Waals surface area contributed by atoms with Gasteiger partial charge in [0.25, 0.3) is 0 Å². The van der Waals surface area contributed by atoms with Crippen molar-refractivity contribution in [3.63, 3.8) is 0 Å². The highest BCUT2D eigenvalue weighted by Crippen LogP contribution is 2.59. The van der Waals surface area contributed by atoms with E-state index in [1.165, 1.54) is 5.06 Å². The van der Waals surface area contributed by atoms with Crippen LogP contribution in [-0.4, -0.2) is 142 Å². The second kappa shape index (κ2) is 17.8. The molecule has 8 rings (SSSR count). The van der Waals surface area contributed by atoms with Gasteiger partial charge in [-0.25, -0.2) is 0 Å². The number of esters is 1. The molecule has 4 aliphatic heterocycles. The van der Waals surface area contributed by atoms with Crippen molar-refractivity contribution in [2.45, 2.75) is 86.3 Å². The van der Waals surface area contributed by atoms with Gasteiger partial charge in [-0.15, -0.1) is 0 Å².